The van der Waals surface area contributed by atoms with E-state index in [1.165, 1.54) is 11.3 Å². The number of hydrogen-bond donors (Lipinski definition) is 1. The number of carbonyl (C=O) groups is 1. The molecule has 3 aromatic carbocycles. The van der Waals surface area contributed by atoms with E-state index in [4.69, 9.17) is 6.57 Å². The van der Waals surface area contributed by atoms with Crippen LogP contribution in [0.3, 0.4) is 0 Å². The predicted octanol–water partition coefficient (Wildman–Crippen LogP) is 5.58. The first-order chi connectivity index (χ1) is 14.2. The zero-order chi connectivity index (χ0) is 19.8. The van der Waals surface area contributed by atoms with E-state index in [2.05, 4.69) is 28.0 Å². The lowest BCUT2D eigenvalue weighted by Crippen LogP contribution is -2.35. The highest BCUT2D eigenvalue weighted by atomic mass is 16.2. The number of aromatic amines is 1. The van der Waals surface area contributed by atoms with E-state index in [1.54, 1.807) is 0 Å². The van der Waals surface area contributed by atoms with Crippen molar-refractivity contribution < 1.29 is 4.79 Å². The lowest BCUT2D eigenvalue weighted by Gasteiger charge is -2.27. The molecule has 29 heavy (non-hydrogen) atoms. The number of amides is 1. The molecule has 4 heteroatoms. The average molecular weight is 377 g/mol. The van der Waals surface area contributed by atoms with Gasteiger partial charge in [0.05, 0.1) is 6.57 Å². The van der Waals surface area contributed by atoms with Crippen molar-refractivity contribution in [3.05, 3.63) is 101 Å². The van der Waals surface area contributed by atoms with Crippen LogP contribution in [-0.2, 0) is 13.0 Å². The van der Waals surface area contributed by atoms with Crippen molar-refractivity contribution in [3.8, 4) is 11.1 Å². The average Bonchev–Trinajstić information content (AvgIpc) is 3.16. The highest BCUT2D eigenvalue weighted by molar-refractivity contribution is 5.95. The number of carbonyl (C=O) groups excluding carboxylic acids is 1. The van der Waals surface area contributed by atoms with E-state index >= 15 is 0 Å². The minimum absolute atomic E-state index is 0.0801. The molecule has 0 saturated heterocycles. The van der Waals surface area contributed by atoms with Crippen LogP contribution in [0, 0.1) is 6.57 Å². The molecule has 1 N–H and O–H groups in total. The van der Waals surface area contributed by atoms with Gasteiger partial charge in [-0.05, 0) is 35.4 Å². The monoisotopic (exact) mass is 377 g/mol. The molecule has 4 aromatic rings. The number of aromatic nitrogens is 1. The first kappa shape index (κ1) is 17.3. The maximum Gasteiger partial charge on any atom is 0.254 e. The van der Waals surface area contributed by atoms with Gasteiger partial charge in [0, 0.05) is 47.2 Å². The molecule has 1 aliphatic heterocycles. The maximum atomic E-state index is 12.9. The summed E-state index contributed by atoms with van der Waals surface area (Å²) in [5, 5.41) is 1.16. The first-order valence-electron chi connectivity index (χ1n) is 9.68. The van der Waals surface area contributed by atoms with Gasteiger partial charge in [-0.3, -0.25) is 4.79 Å². The Hall–Kier alpha value is -3.84. The van der Waals surface area contributed by atoms with Gasteiger partial charge < -0.3 is 9.88 Å². The number of hydrogen-bond acceptors (Lipinski definition) is 1. The summed E-state index contributed by atoms with van der Waals surface area (Å²) >= 11 is 0. The number of rotatable bonds is 2. The Morgan fingerprint density at radius 2 is 1.72 bits per heavy atom. The van der Waals surface area contributed by atoms with Crippen LogP contribution in [0.1, 0.15) is 21.6 Å². The molecular weight excluding hydrogens is 358 g/mol. The lowest BCUT2D eigenvalue weighted by molar-refractivity contribution is 0.0735. The van der Waals surface area contributed by atoms with Crippen molar-refractivity contribution >= 4 is 22.5 Å². The van der Waals surface area contributed by atoms with Crippen molar-refractivity contribution in [2.75, 3.05) is 6.54 Å². The van der Waals surface area contributed by atoms with E-state index < -0.39 is 0 Å². The lowest BCUT2D eigenvalue weighted by atomic mass is 9.99. The molecule has 2 heterocycles. The SMILES string of the molecule is [C-]#[N+]c1ccc(-c2ccc3[nH]c4c(c3c2)CN(C(=O)c2ccccc2)CC4)cc1. The Morgan fingerprint density at radius 1 is 0.966 bits per heavy atom. The van der Waals surface area contributed by atoms with Crippen molar-refractivity contribution in [2.24, 2.45) is 0 Å². The van der Waals surface area contributed by atoms with Gasteiger partial charge in [0.25, 0.3) is 5.91 Å². The molecule has 0 aliphatic carbocycles. The molecule has 1 amide bonds. The molecule has 1 aromatic heterocycles. The number of nitrogens with zero attached hydrogens (tertiary/aromatic N) is 2. The molecule has 0 radical (unpaired) electrons. The van der Waals surface area contributed by atoms with Gasteiger partial charge in [-0.25, -0.2) is 4.85 Å². The van der Waals surface area contributed by atoms with Crippen molar-refractivity contribution in [1.82, 2.24) is 9.88 Å². The molecule has 0 spiro atoms. The summed E-state index contributed by atoms with van der Waals surface area (Å²) in [6.07, 6.45) is 0.831. The fourth-order valence-corrected chi connectivity index (χ4v) is 4.06. The summed E-state index contributed by atoms with van der Waals surface area (Å²) in [6, 6.07) is 23.5. The van der Waals surface area contributed by atoms with Gasteiger partial charge in [-0.15, -0.1) is 0 Å². The van der Waals surface area contributed by atoms with Crippen molar-refractivity contribution in [1.29, 1.82) is 0 Å². The summed E-state index contributed by atoms with van der Waals surface area (Å²) in [5.74, 6) is 0.0801. The van der Waals surface area contributed by atoms with Gasteiger partial charge >= 0.3 is 0 Å². The third-order valence-corrected chi connectivity index (χ3v) is 5.61. The van der Waals surface area contributed by atoms with Crippen LogP contribution in [0.25, 0.3) is 26.9 Å². The summed E-state index contributed by atoms with van der Waals surface area (Å²) in [4.78, 5) is 21.8. The molecule has 140 valence electrons. The Morgan fingerprint density at radius 3 is 2.48 bits per heavy atom. The first-order valence-corrected chi connectivity index (χ1v) is 9.68. The minimum Gasteiger partial charge on any atom is -0.358 e. The van der Waals surface area contributed by atoms with Crippen LogP contribution in [0.5, 0.6) is 0 Å². The zero-order valence-electron chi connectivity index (χ0n) is 15.9. The third kappa shape index (κ3) is 3.07. The number of fused-ring (bicyclic) bond motifs is 3. The highest BCUT2D eigenvalue weighted by Crippen LogP contribution is 2.32. The Labute approximate surface area is 169 Å². The van der Waals surface area contributed by atoms with Crippen LogP contribution < -0.4 is 0 Å². The maximum absolute atomic E-state index is 12.9. The van der Waals surface area contributed by atoms with Crippen molar-refractivity contribution in [2.45, 2.75) is 13.0 Å². The van der Waals surface area contributed by atoms with E-state index in [0.717, 1.165) is 40.6 Å². The summed E-state index contributed by atoms with van der Waals surface area (Å²) in [5.41, 5.74) is 7.10. The highest BCUT2D eigenvalue weighted by Gasteiger charge is 2.24. The molecule has 0 atom stereocenters. The van der Waals surface area contributed by atoms with E-state index in [0.29, 0.717) is 12.2 Å². The number of nitrogens with one attached hydrogen (secondary N) is 1. The smallest absolute Gasteiger partial charge is 0.254 e. The van der Waals surface area contributed by atoms with Gasteiger partial charge in [0.1, 0.15) is 0 Å². The largest absolute Gasteiger partial charge is 0.358 e. The van der Waals surface area contributed by atoms with E-state index in [9.17, 15) is 4.79 Å². The topological polar surface area (TPSA) is 40.5 Å². The minimum atomic E-state index is 0.0801. The Kier molecular flexibility index (Phi) is 4.14. The molecule has 4 nitrogen and oxygen atoms in total. The van der Waals surface area contributed by atoms with Crippen LogP contribution in [0.2, 0.25) is 0 Å². The molecule has 0 unspecified atom stereocenters. The fourth-order valence-electron chi connectivity index (χ4n) is 4.06. The van der Waals surface area contributed by atoms with Crippen molar-refractivity contribution in [3.63, 3.8) is 0 Å². The van der Waals surface area contributed by atoms with Crippen LogP contribution in [0.15, 0.2) is 72.8 Å². The third-order valence-electron chi connectivity index (χ3n) is 5.61. The van der Waals surface area contributed by atoms with E-state index in [-0.39, 0.29) is 5.91 Å². The van der Waals surface area contributed by atoms with Crippen LogP contribution in [-0.4, -0.2) is 22.3 Å². The fraction of sp³-hybridized carbons (Fsp3) is 0.120. The molecule has 1 aliphatic rings. The van der Waals surface area contributed by atoms with Crippen LogP contribution >= 0.6 is 0 Å². The quantitative estimate of drug-likeness (QED) is 0.455. The van der Waals surface area contributed by atoms with Gasteiger partial charge in [0.15, 0.2) is 5.69 Å². The second-order valence-electron chi connectivity index (χ2n) is 7.34. The zero-order valence-corrected chi connectivity index (χ0v) is 15.9. The molecule has 5 rings (SSSR count). The Balaban J connectivity index is 1.50. The van der Waals surface area contributed by atoms with Crippen LogP contribution in [0.4, 0.5) is 5.69 Å². The van der Waals surface area contributed by atoms with Gasteiger partial charge in [0.2, 0.25) is 0 Å². The van der Waals surface area contributed by atoms with Gasteiger partial charge in [-0.1, -0.05) is 48.5 Å². The Bertz CT molecular complexity index is 1250. The standard InChI is InChI=1S/C25H19N3O/c1-26-20-10-7-17(8-11-20)19-9-12-23-21(15-19)22-16-28(14-13-24(22)27-23)25(29)18-5-3-2-4-6-18/h2-12,15,27H,13-14,16H2. The molecule has 0 saturated carbocycles. The number of H-pyrrole nitrogens is 1. The van der Waals surface area contributed by atoms with Gasteiger partial charge in [-0.2, -0.15) is 0 Å². The van der Waals surface area contributed by atoms with E-state index in [1.807, 2.05) is 59.5 Å². The predicted molar refractivity (Wildman–Crippen MR) is 115 cm³/mol. The second kappa shape index (κ2) is 6.96. The number of benzene rings is 3. The summed E-state index contributed by atoms with van der Waals surface area (Å²) < 4.78 is 0. The second-order valence-corrected chi connectivity index (χ2v) is 7.34. The molecule has 0 bridgehead atoms. The summed E-state index contributed by atoms with van der Waals surface area (Å²) in [6.45, 7) is 8.45. The molecular formula is C25H19N3O. The molecule has 0 fully saturated rings. The normalized spacial score (nSPS) is 13.1. The summed E-state index contributed by atoms with van der Waals surface area (Å²) in [7, 11) is 0.